The number of amides is 3. The standard InChI is InChI=1S/C44H69N3O3/c1-9-14-17-19-21-23-27-31-40(44(50)47-37(8)12-4)38(13-5)35-39(30-26-25-29-33-42(48)46-36(6)7)41(43(49)45-34-16-11-3)32-28-24-22-20-18-15-10-2/h9-10,14-15,17-20,25-26,29-33,36-38H,11-13,16,21-24,27-28,34-35H2,1-8H3,(H,45,49)(H,46,48)(H,47,50). The summed E-state index contributed by atoms with van der Waals surface area (Å²) in [6, 6.07) is 0.118. The van der Waals surface area contributed by atoms with Crippen LogP contribution in [0.3, 0.4) is 0 Å². The number of carbonyl (C=O) groups is 3. The van der Waals surface area contributed by atoms with E-state index in [9.17, 15) is 14.4 Å². The van der Waals surface area contributed by atoms with E-state index in [4.69, 9.17) is 0 Å². The Kier molecular flexibility index (Phi) is 28.6. The van der Waals surface area contributed by atoms with Crippen LogP contribution in [0.25, 0.3) is 0 Å². The van der Waals surface area contributed by atoms with Crippen molar-refractivity contribution in [1.82, 2.24) is 16.0 Å². The third-order valence-electron chi connectivity index (χ3n) is 8.00. The number of carbonyl (C=O) groups excluding carboxylic acids is 3. The molecule has 0 radical (unpaired) electrons. The van der Waals surface area contributed by atoms with E-state index in [1.165, 1.54) is 6.08 Å². The van der Waals surface area contributed by atoms with E-state index in [1.54, 1.807) is 6.08 Å². The van der Waals surface area contributed by atoms with Crippen LogP contribution in [0, 0.1) is 5.92 Å². The third-order valence-corrected chi connectivity index (χ3v) is 8.00. The van der Waals surface area contributed by atoms with E-state index >= 15 is 0 Å². The van der Waals surface area contributed by atoms with Gasteiger partial charge in [-0.25, -0.2) is 0 Å². The van der Waals surface area contributed by atoms with Gasteiger partial charge in [0.15, 0.2) is 0 Å². The molecule has 0 saturated carbocycles. The fourth-order valence-electron chi connectivity index (χ4n) is 4.96. The van der Waals surface area contributed by atoms with Crippen LogP contribution in [0.2, 0.25) is 0 Å². The Morgan fingerprint density at radius 3 is 1.86 bits per heavy atom. The predicted octanol–water partition coefficient (Wildman–Crippen LogP) is 10.3. The normalized spacial score (nSPS) is 14.7. The quantitative estimate of drug-likeness (QED) is 0.0481. The maximum absolute atomic E-state index is 13.8. The molecule has 0 saturated heterocycles. The molecule has 3 amide bonds. The van der Waals surface area contributed by atoms with Gasteiger partial charge in [-0.15, -0.1) is 0 Å². The summed E-state index contributed by atoms with van der Waals surface area (Å²) in [5.74, 6) is -0.360. The fourth-order valence-corrected chi connectivity index (χ4v) is 4.96. The lowest BCUT2D eigenvalue weighted by Crippen LogP contribution is -2.35. The van der Waals surface area contributed by atoms with Crippen molar-refractivity contribution in [3.8, 4) is 0 Å². The molecule has 0 aliphatic heterocycles. The molecule has 2 atom stereocenters. The summed E-state index contributed by atoms with van der Waals surface area (Å²) < 4.78 is 0. The molecule has 0 aromatic heterocycles. The van der Waals surface area contributed by atoms with Crippen molar-refractivity contribution >= 4 is 17.7 Å². The molecule has 6 heteroatoms. The molecule has 0 aliphatic carbocycles. The Morgan fingerprint density at radius 2 is 1.30 bits per heavy atom. The second kappa shape index (κ2) is 31.1. The smallest absolute Gasteiger partial charge is 0.251 e. The minimum atomic E-state index is -0.154. The zero-order valence-corrected chi connectivity index (χ0v) is 32.6. The predicted molar refractivity (Wildman–Crippen MR) is 216 cm³/mol. The largest absolute Gasteiger partial charge is 0.352 e. The van der Waals surface area contributed by atoms with Gasteiger partial charge in [0.2, 0.25) is 11.8 Å². The number of nitrogens with one attached hydrogen (secondary N) is 3. The molecule has 0 bridgehead atoms. The van der Waals surface area contributed by atoms with Crippen LogP contribution in [0.4, 0.5) is 0 Å². The lowest BCUT2D eigenvalue weighted by molar-refractivity contribution is -0.119. The molecule has 2 unspecified atom stereocenters. The van der Waals surface area contributed by atoms with Crippen molar-refractivity contribution in [3.63, 3.8) is 0 Å². The van der Waals surface area contributed by atoms with Gasteiger partial charge in [0.05, 0.1) is 0 Å². The van der Waals surface area contributed by atoms with Gasteiger partial charge >= 0.3 is 0 Å². The van der Waals surface area contributed by atoms with Gasteiger partial charge in [-0.05, 0) is 110 Å². The Bertz CT molecular complexity index is 1240. The molecule has 278 valence electrons. The SMILES string of the molecule is CC=CC=CCCCC=C(C(=O)NCCCC)C(=CC=CC=CC(=O)NC(C)C)CC(CC)C(=CCCCC=CC=CC)C(=O)NC(C)CC. The van der Waals surface area contributed by atoms with Crippen molar-refractivity contribution in [2.45, 2.75) is 138 Å². The van der Waals surface area contributed by atoms with Crippen molar-refractivity contribution < 1.29 is 14.4 Å². The molecule has 0 heterocycles. The van der Waals surface area contributed by atoms with Gasteiger partial charge in [-0.2, -0.15) is 0 Å². The molecule has 0 rings (SSSR count). The highest BCUT2D eigenvalue weighted by molar-refractivity contribution is 5.98. The lowest BCUT2D eigenvalue weighted by atomic mass is 9.84. The molecule has 0 fully saturated rings. The first-order chi connectivity index (χ1) is 24.1. The van der Waals surface area contributed by atoms with Gasteiger partial charge in [0.25, 0.3) is 5.91 Å². The molecule has 3 N–H and O–H groups in total. The van der Waals surface area contributed by atoms with Gasteiger partial charge in [-0.3, -0.25) is 14.4 Å². The minimum Gasteiger partial charge on any atom is -0.352 e. The first kappa shape index (κ1) is 46.1. The van der Waals surface area contributed by atoms with E-state index in [0.29, 0.717) is 18.5 Å². The average Bonchev–Trinajstić information content (AvgIpc) is 3.08. The highest BCUT2D eigenvalue weighted by Gasteiger charge is 2.24. The minimum absolute atomic E-state index is 0.0320. The third kappa shape index (κ3) is 23.4. The summed E-state index contributed by atoms with van der Waals surface area (Å²) in [4.78, 5) is 39.7. The Labute approximate surface area is 305 Å². The summed E-state index contributed by atoms with van der Waals surface area (Å²) in [6.07, 6.45) is 38.8. The Morgan fingerprint density at radius 1 is 0.660 bits per heavy atom. The second-order valence-electron chi connectivity index (χ2n) is 12.8. The summed E-state index contributed by atoms with van der Waals surface area (Å²) in [7, 11) is 0. The Hall–Kier alpha value is -3.93. The van der Waals surface area contributed by atoms with Crippen LogP contribution in [0.15, 0.2) is 108 Å². The van der Waals surface area contributed by atoms with E-state index in [2.05, 4.69) is 73.2 Å². The molecule has 0 aromatic rings. The van der Waals surface area contributed by atoms with Crippen LogP contribution in [-0.2, 0) is 14.4 Å². The summed E-state index contributed by atoms with van der Waals surface area (Å²) >= 11 is 0. The number of rotatable bonds is 26. The molecular formula is C44H69N3O3. The first-order valence-corrected chi connectivity index (χ1v) is 19.0. The molecule has 0 spiro atoms. The second-order valence-corrected chi connectivity index (χ2v) is 12.8. The molecule has 6 nitrogen and oxygen atoms in total. The maximum atomic E-state index is 13.8. The first-order valence-electron chi connectivity index (χ1n) is 19.0. The summed E-state index contributed by atoms with van der Waals surface area (Å²) in [5, 5.41) is 9.20. The van der Waals surface area contributed by atoms with Crippen LogP contribution >= 0.6 is 0 Å². The number of hydrogen-bond donors (Lipinski definition) is 3. The van der Waals surface area contributed by atoms with Crippen molar-refractivity contribution in [3.05, 3.63) is 108 Å². The zero-order chi connectivity index (χ0) is 37.4. The molecule has 0 aliphatic rings. The maximum Gasteiger partial charge on any atom is 0.251 e. The monoisotopic (exact) mass is 688 g/mol. The van der Waals surface area contributed by atoms with E-state index in [0.717, 1.165) is 75.4 Å². The van der Waals surface area contributed by atoms with E-state index in [1.807, 2.05) is 77.2 Å². The van der Waals surface area contributed by atoms with E-state index < -0.39 is 0 Å². The van der Waals surface area contributed by atoms with Gasteiger partial charge in [0.1, 0.15) is 0 Å². The number of hydrogen-bond acceptors (Lipinski definition) is 3. The molecular weight excluding hydrogens is 619 g/mol. The van der Waals surface area contributed by atoms with Crippen molar-refractivity contribution in [1.29, 1.82) is 0 Å². The average molecular weight is 688 g/mol. The van der Waals surface area contributed by atoms with Gasteiger partial charge < -0.3 is 16.0 Å². The molecule has 50 heavy (non-hydrogen) atoms. The highest BCUT2D eigenvalue weighted by Crippen LogP contribution is 2.29. The molecule has 0 aromatic carbocycles. The summed E-state index contributed by atoms with van der Waals surface area (Å²) in [5.41, 5.74) is 2.31. The van der Waals surface area contributed by atoms with E-state index in [-0.39, 0.29) is 35.7 Å². The van der Waals surface area contributed by atoms with Crippen molar-refractivity contribution in [2.75, 3.05) is 6.54 Å². The van der Waals surface area contributed by atoms with Crippen molar-refractivity contribution in [2.24, 2.45) is 5.92 Å². The van der Waals surface area contributed by atoms with Crippen LogP contribution in [-0.4, -0.2) is 36.3 Å². The van der Waals surface area contributed by atoms with Crippen LogP contribution in [0.1, 0.15) is 126 Å². The number of allylic oxidation sites excluding steroid dienone is 14. The lowest BCUT2D eigenvalue weighted by Gasteiger charge is -2.23. The summed E-state index contributed by atoms with van der Waals surface area (Å²) in [6.45, 7) is 16.8. The fraction of sp³-hybridized carbons (Fsp3) is 0.523. The van der Waals surface area contributed by atoms with Crippen LogP contribution < -0.4 is 16.0 Å². The van der Waals surface area contributed by atoms with Gasteiger partial charge in [-0.1, -0.05) is 112 Å². The highest BCUT2D eigenvalue weighted by atomic mass is 16.2. The topological polar surface area (TPSA) is 87.3 Å². The van der Waals surface area contributed by atoms with Gasteiger partial charge in [0, 0.05) is 35.9 Å². The number of unbranched alkanes of at least 4 members (excludes halogenated alkanes) is 5. The van der Waals surface area contributed by atoms with Crippen LogP contribution in [0.5, 0.6) is 0 Å². The zero-order valence-electron chi connectivity index (χ0n) is 32.6. The Balaban J connectivity index is 6.78.